The molecule has 4 rings (SSSR count). The van der Waals surface area contributed by atoms with Crippen LogP contribution in [0.3, 0.4) is 0 Å². The number of sulfonamides is 1. The van der Waals surface area contributed by atoms with Crippen LogP contribution in [-0.4, -0.2) is 64.8 Å². The largest absolute Gasteiger partial charge is 0.493 e. The minimum Gasteiger partial charge on any atom is -0.493 e. The Kier molecular flexibility index (Phi) is 6.39. The van der Waals surface area contributed by atoms with E-state index < -0.39 is 27.9 Å². The van der Waals surface area contributed by atoms with Gasteiger partial charge in [-0.15, -0.1) is 0 Å². The van der Waals surface area contributed by atoms with Crippen LogP contribution in [-0.2, 0) is 16.4 Å². The Bertz CT molecular complexity index is 1250. The molecule has 1 atom stereocenters. The number of nitrogens with one attached hydrogen (secondary N) is 1. The number of anilines is 1. The second-order valence-corrected chi connectivity index (χ2v) is 10.2. The number of hydrazone groups is 1. The van der Waals surface area contributed by atoms with Gasteiger partial charge in [-0.25, -0.2) is 22.6 Å². The molecule has 1 saturated heterocycles. The van der Waals surface area contributed by atoms with Crippen molar-refractivity contribution in [3.05, 3.63) is 52.8 Å². The van der Waals surface area contributed by atoms with E-state index in [1.807, 2.05) is 0 Å². The van der Waals surface area contributed by atoms with E-state index in [1.54, 1.807) is 31.2 Å². The Morgan fingerprint density at radius 1 is 1.21 bits per heavy atom. The molecule has 0 spiro atoms. The number of hydrogen-bond acceptors (Lipinski definition) is 6. The highest BCUT2D eigenvalue weighted by molar-refractivity contribution is 7.93. The number of halogens is 1. The van der Waals surface area contributed by atoms with Crippen LogP contribution in [0.5, 0.6) is 11.5 Å². The minimum absolute atomic E-state index is 0.115. The van der Waals surface area contributed by atoms with Crippen LogP contribution in [0.1, 0.15) is 30.0 Å². The molecule has 2 heterocycles. The number of carbonyl (C=O) groups excluding carboxylic acids is 1. The van der Waals surface area contributed by atoms with Crippen LogP contribution in [0.15, 0.2) is 35.4 Å². The van der Waals surface area contributed by atoms with E-state index in [0.29, 0.717) is 46.8 Å². The average Bonchev–Trinajstić information content (AvgIpc) is 3.10. The first-order valence-electron chi connectivity index (χ1n) is 10.9. The third-order valence-corrected chi connectivity index (χ3v) is 7.90. The number of fused-ring (bicyclic) bond motifs is 1. The second-order valence-electron chi connectivity index (χ2n) is 8.14. The predicted molar refractivity (Wildman–Crippen MR) is 127 cm³/mol. The van der Waals surface area contributed by atoms with Crippen molar-refractivity contribution in [3.8, 4) is 11.5 Å². The number of benzene rings is 2. The number of methoxy groups -OCH3 is 2. The lowest BCUT2D eigenvalue weighted by molar-refractivity contribution is 0.184. The number of ether oxygens (including phenoxy) is 2. The fourth-order valence-corrected chi connectivity index (χ4v) is 5.93. The molecule has 0 bridgehead atoms. The molecular weight excluding hydrogens is 463 g/mol. The second kappa shape index (κ2) is 9.13. The molecule has 2 aromatic rings. The molecule has 1 fully saturated rings. The first kappa shape index (κ1) is 23.8. The average molecular weight is 491 g/mol. The van der Waals surface area contributed by atoms with Crippen LogP contribution in [0.2, 0.25) is 0 Å². The van der Waals surface area contributed by atoms with Crippen LogP contribution >= 0.6 is 0 Å². The topological polar surface area (TPSA) is 101 Å². The summed E-state index contributed by atoms with van der Waals surface area (Å²) in [6.45, 7) is 2.20. The summed E-state index contributed by atoms with van der Waals surface area (Å²) in [5, 5.41) is 8.47. The van der Waals surface area contributed by atoms with Crippen molar-refractivity contribution in [1.29, 1.82) is 0 Å². The van der Waals surface area contributed by atoms with Crippen molar-refractivity contribution >= 4 is 27.5 Å². The molecule has 34 heavy (non-hydrogen) atoms. The summed E-state index contributed by atoms with van der Waals surface area (Å²) in [5.74, 6) is 0.122. The summed E-state index contributed by atoms with van der Waals surface area (Å²) in [6.07, 6.45) is 0.769. The van der Waals surface area contributed by atoms with Crippen molar-refractivity contribution in [3.63, 3.8) is 0 Å². The maximum atomic E-state index is 15.3. The Hall–Kier alpha value is -3.34. The Morgan fingerprint density at radius 3 is 2.47 bits per heavy atom. The number of hydrogen-bond donors (Lipinski definition) is 1. The van der Waals surface area contributed by atoms with E-state index in [9.17, 15) is 13.2 Å². The first-order valence-corrected chi connectivity index (χ1v) is 12.5. The van der Waals surface area contributed by atoms with Gasteiger partial charge in [0, 0.05) is 30.8 Å². The highest BCUT2D eigenvalue weighted by atomic mass is 32.2. The molecule has 182 valence electrons. The van der Waals surface area contributed by atoms with E-state index in [0.717, 1.165) is 0 Å². The number of carbonyl (C=O) groups is 1. The van der Waals surface area contributed by atoms with Gasteiger partial charge in [0.15, 0.2) is 11.5 Å². The van der Waals surface area contributed by atoms with Gasteiger partial charge < -0.3 is 14.8 Å². The third kappa shape index (κ3) is 4.04. The van der Waals surface area contributed by atoms with Gasteiger partial charge in [-0.05, 0) is 31.9 Å². The molecule has 0 saturated carbocycles. The monoisotopic (exact) mass is 490 g/mol. The normalized spacial score (nSPS) is 19.2. The standard InChI is InChI=1S/C23H27FN4O5S/c1-14-12-17-18(24)13-19(32-3)22(33-4)20(17)21(26-28(14)23(29)25-2)15-6-8-16(9-7-15)27-10-5-11-34(27,30)31/h6-9,13-14H,5,10-12H2,1-4H3,(H,25,29). The Labute approximate surface area is 198 Å². The minimum atomic E-state index is -3.33. The molecule has 2 aliphatic rings. The molecule has 0 aromatic heterocycles. The molecule has 2 aliphatic heterocycles. The zero-order chi connectivity index (χ0) is 24.6. The summed E-state index contributed by atoms with van der Waals surface area (Å²) >= 11 is 0. The van der Waals surface area contributed by atoms with E-state index in [1.165, 1.54) is 36.6 Å². The maximum Gasteiger partial charge on any atom is 0.337 e. The molecular formula is C23H27FN4O5S. The van der Waals surface area contributed by atoms with Gasteiger partial charge in [0.05, 0.1) is 37.3 Å². The SMILES string of the molecule is CNC(=O)N1N=C(c2ccc(N3CCCS3(=O)=O)cc2)c2c(c(F)cc(OC)c2OC)CC1C. The van der Waals surface area contributed by atoms with E-state index >= 15 is 4.39 Å². The zero-order valence-electron chi connectivity index (χ0n) is 19.5. The van der Waals surface area contributed by atoms with Gasteiger partial charge in [0.1, 0.15) is 11.5 Å². The molecule has 0 radical (unpaired) electrons. The van der Waals surface area contributed by atoms with Gasteiger partial charge in [0.2, 0.25) is 10.0 Å². The van der Waals surface area contributed by atoms with E-state index in [2.05, 4.69) is 10.4 Å². The number of rotatable bonds is 4. The lowest BCUT2D eigenvalue weighted by atomic mass is 9.92. The highest BCUT2D eigenvalue weighted by Gasteiger charge is 2.33. The van der Waals surface area contributed by atoms with Crippen LogP contribution in [0, 0.1) is 5.82 Å². The smallest absolute Gasteiger partial charge is 0.337 e. The molecule has 2 amide bonds. The molecule has 1 N–H and O–H groups in total. The van der Waals surface area contributed by atoms with Crippen LogP contribution < -0.4 is 19.1 Å². The van der Waals surface area contributed by atoms with Crippen molar-refractivity contribution in [2.24, 2.45) is 5.10 Å². The van der Waals surface area contributed by atoms with Gasteiger partial charge in [-0.1, -0.05) is 12.1 Å². The third-order valence-electron chi connectivity index (χ3n) is 6.03. The van der Waals surface area contributed by atoms with Crippen molar-refractivity contribution in [1.82, 2.24) is 10.3 Å². The first-order chi connectivity index (χ1) is 16.2. The van der Waals surface area contributed by atoms with Gasteiger partial charge >= 0.3 is 6.03 Å². The maximum absolute atomic E-state index is 15.3. The van der Waals surface area contributed by atoms with E-state index in [-0.39, 0.29) is 17.9 Å². The molecule has 9 nitrogen and oxygen atoms in total. The van der Waals surface area contributed by atoms with Crippen LogP contribution in [0.4, 0.5) is 14.9 Å². The molecule has 0 aliphatic carbocycles. The van der Waals surface area contributed by atoms with Gasteiger partial charge in [0.25, 0.3) is 0 Å². The Balaban J connectivity index is 1.92. The fourth-order valence-electron chi connectivity index (χ4n) is 4.37. The summed E-state index contributed by atoms with van der Waals surface area (Å²) in [5.41, 5.74) is 2.15. The van der Waals surface area contributed by atoms with Gasteiger partial charge in [-0.2, -0.15) is 5.10 Å². The van der Waals surface area contributed by atoms with Crippen molar-refractivity contribution < 1.29 is 27.1 Å². The summed E-state index contributed by atoms with van der Waals surface area (Å²) in [7, 11) is 1.04. The number of amides is 2. The molecule has 11 heteroatoms. The van der Waals surface area contributed by atoms with Gasteiger partial charge in [-0.3, -0.25) is 4.31 Å². The Morgan fingerprint density at radius 2 is 1.91 bits per heavy atom. The fraction of sp³-hybridized carbons (Fsp3) is 0.391. The highest BCUT2D eigenvalue weighted by Crippen LogP contribution is 2.39. The predicted octanol–water partition coefficient (Wildman–Crippen LogP) is 2.72. The van der Waals surface area contributed by atoms with Crippen molar-refractivity contribution in [2.75, 3.05) is 37.9 Å². The number of urea groups is 1. The zero-order valence-corrected chi connectivity index (χ0v) is 20.3. The lowest BCUT2D eigenvalue weighted by Crippen LogP contribution is -2.41. The summed E-state index contributed by atoms with van der Waals surface area (Å²) in [4.78, 5) is 12.6. The summed E-state index contributed by atoms with van der Waals surface area (Å²) in [6, 6.07) is 7.16. The lowest BCUT2D eigenvalue weighted by Gasteiger charge is -2.22. The van der Waals surface area contributed by atoms with E-state index in [4.69, 9.17) is 9.47 Å². The van der Waals surface area contributed by atoms with Crippen LogP contribution in [0.25, 0.3) is 0 Å². The number of nitrogens with zero attached hydrogens (tertiary/aromatic N) is 3. The summed E-state index contributed by atoms with van der Waals surface area (Å²) < 4.78 is 52.2. The molecule has 1 unspecified atom stereocenters. The molecule has 2 aromatic carbocycles. The quantitative estimate of drug-likeness (QED) is 0.710. The van der Waals surface area contributed by atoms with Crippen molar-refractivity contribution in [2.45, 2.75) is 25.8 Å².